The van der Waals surface area contributed by atoms with E-state index in [1.807, 2.05) is 0 Å². The first kappa shape index (κ1) is 17.0. The van der Waals surface area contributed by atoms with Crippen LogP contribution in [0.25, 0.3) is 22.1 Å². The van der Waals surface area contributed by atoms with Gasteiger partial charge in [0.2, 0.25) is 17.0 Å². The maximum Gasteiger partial charge on any atom is 0.312 e. The van der Waals surface area contributed by atoms with Crippen LogP contribution in [0.5, 0.6) is 0 Å². The van der Waals surface area contributed by atoms with Crippen molar-refractivity contribution in [2.45, 2.75) is 6.54 Å². The van der Waals surface area contributed by atoms with Gasteiger partial charge in [-0.25, -0.2) is 0 Å². The molecule has 0 saturated carbocycles. The van der Waals surface area contributed by atoms with Crippen molar-refractivity contribution in [3.63, 3.8) is 0 Å². The molecule has 0 aliphatic rings. The minimum Gasteiger partial charge on any atom is -0.437 e. The van der Waals surface area contributed by atoms with Gasteiger partial charge in [-0.3, -0.25) is 14.9 Å². The molecule has 2 heterocycles. The molecule has 0 radical (unpaired) electrons. The zero-order valence-electron chi connectivity index (χ0n) is 13.8. The van der Waals surface area contributed by atoms with E-state index < -0.39 is 4.92 Å². The van der Waals surface area contributed by atoms with E-state index in [9.17, 15) is 14.9 Å². The van der Waals surface area contributed by atoms with Gasteiger partial charge < -0.3 is 9.73 Å². The van der Waals surface area contributed by atoms with Crippen molar-refractivity contribution in [3.8, 4) is 0 Å². The molecule has 0 bridgehead atoms. The first-order chi connectivity index (χ1) is 13.0. The Morgan fingerprint density at radius 3 is 2.59 bits per heavy atom. The number of hydrogen-bond acceptors (Lipinski definition) is 6. The van der Waals surface area contributed by atoms with Crippen molar-refractivity contribution in [1.82, 2.24) is 4.98 Å². The molecule has 134 valence electrons. The molecule has 1 N–H and O–H groups in total. The van der Waals surface area contributed by atoms with E-state index in [4.69, 9.17) is 16.0 Å². The molecule has 4 rings (SSSR count). The van der Waals surface area contributed by atoms with Gasteiger partial charge >= 0.3 is 5.69 Å². The molecular weight excluding hydrogens is 370 g/mol. The van der Waals surface area contributed by atoms with Crippen molar-refractivity contribution >= 4 is 45.2 Å². The van der Waals surface area contributed by atoms with Crippen molar-refractivity contribution in [2.24, 2.45) is 0 Å². The molecule has 0 spiro atoms. The Morgan fingerprint density at radius 1 is 1.11 bits per heavy atom. The van der Waals surface area contributed by atoms with Crippen molar-refractivity contribution in [1.29, 1.82) is 0 Å². The number of pyridine rings is 1. The lowest BCUT2D eigenvalue weighted by Gasteiger charge is -2.08. The van der Waals surface area contributed by atoms with Crippen LogP contribution < -0.4 is 10.7 Å². The molecule has 27 heavy (non-hydrogen) atoms. The fraction of sp³-hybridized carbons (Fsp3) is 0.0526. The Bertz CT molecular complexity index is 1240. The van der Waals surface area contributed by atoms with Crippen LogP contribution in [0.2, 0.25) is 5.02 Å². The van der Waals surface area contributed by atoms with Gasteiger partial charge in [-0.1, -0.05) is 35.9 Å². The number of anilines is 1. The second kappa shape index (κ2) is 6.69. The highest BCUT2D eigenvalue weighted by Gasteiger charge is 2.20. The third-order valence-corrected chi connectivity index (χ3v) is 4.37. The van der Waals surface area contributed by atoms with Gasteiger partial charge in [0.25, 0.3) is 0 Å². The van der Waals surface area contributed by atoms with Gasteiger partial charge in [-0.15, -0.1) is 0 Å². The molecule has 0 fully saturated rings. The lowest BCUT2D eigenvalue weighted by molar-refractivity contribution is -0.384. The molecule has 0 saturated heterocycles. The topological polar surface area (TPSA) is 98.3 Å². The molecule has 8 heteroatoms. The van der Waals surface area contributed by atoms with Crippen LogP contribution in [0.1, 0.15) is 5.56 Å². The van der Waals surface area contributed by atoms with Crippen LogP contribution in [0.3, 0.4) is 0 Å². The smallest absolute Gasteiger partial charge is 0.312 e. The summed E-state index contributed by atoms with van der Waals surface area (Å²) in [7, 11) is 0. The van der Waals surface area contributed by atoms with Crippen LogP contribution in [-0.2, 0) is 6.54 Å². The molecule has 4 aromatic rings. The van der Waals surface area contributed by atoms with E-state index >= 15 is 0 Å². The van der Waals surface area contributed by atoms with Gasteiger partial charge in [-0.05, 0) is 29.8 Å². The Labute approximate surface area is 157 Å². The fourth-order valence-electron chi connectivity index (χ4n) is 2.78. The predicted molar refractivity (Wildman–Crippen MR) is 103 cm³/mol. The summed E-state index contributed by atoms with van der Waals surface area (Å²) < 4.78 is 5.68. The first-order valence-electron chi connectivity index (χ1n) is 8.02. The molecule has 0 aliphatic carbocycles. The summed E-state index contributed by atoms with van der Waals surface area (Å²) in [5.41, 5.74) is 0.643. The van der Waals surface area contributed by atoms with Gasteiger partial charge in [0.1, 0.15) is 5.58 Å². The molecule has 0 atom stereocenters. The molecule has 0 amide bonds. The maximum absolute atomic E-state index is 12.6. The van der Waals surface area contributed by atoms with Gasteiger partial charge in [0.05, 0.1) is 15.7 Å². The number of para-hydroxylation sites is 1. The minimum atomic E-state index is -0.578. The number of nitrogens with zero attached hydrogens (tertiary/aromatic N) is 2. The fourth-order valence-corrected chi connectivity index (χ4v) is 2.90. The summed E-state index contributed by atoms with van der Waals surface area (Å²) in [6, 6.07) is 15.0. The summed E-state index contributed by atoms with van der Waals surface area (Å²) in [6.07, 6.45) is 0. The third kappa shape index (κ3) is 3.20. The number of halogens is 1. The van der Waals surface area contributed by atoms with Crippen LogP contribution in [0.15, 0.2) is 63.8 Å². The van der Waals surface area contributed by atoms with Crippen LogP contribution in [0, 0.1) is 10.1 Å². The number of fused-ring (bicyclic) bond motifs is 2. The Kier molecular flexibility index (Phi) is 4.21. The second-order valence-corrected chi connectivity index (χ2v) is 6.31. The summed E-state index contributed by atoms with van der Waals surface area (Å²) >= 11 is 5.86. The predicted octanol–water partition coefficient (Wildman–Crippen LogP) is 4.51. The van der Waals surface area contributed by atoms with E-state index in [0.29, 0.717) is 22.5 Å². The zero-order valence-corrected chi connectivity index (χ0v) is 14.6. The number of nitrogens with one attached hydrogen (secondary N) is 1. The number of rotatable bonds is 4. The monoisotopic (exact) mass is 381 g/mol. The van der Waals surface area contributed by atoms with Gasteiger partial charge in [0.15, 0.2) is 0 Å². The van der Waals surface area contributed by atoms with Gasteiger partial charge in [-0.2, -0.15) is 4.98 Å². The number of nitro groups is 1. The number of aromatic nitrogens is 1. The highest BCUT2D eigenvalue weighted by molar-refractivity contribution is 6.30. The van der Waals surface area contributed by atoms with Crippen molar-refractivity contribution in [3.05, 3.63) is 85.5 Å². The van der Waals surface area contributed by atoms with E-state index in [0.717, 1.165) is 5.56 Å². The number of benzene rings is 2. The SMILES string of the molecule is O=c1c2ccccc2oc2nc(NCc3ccc(Cl)cc3)c([N+](=O)[O-])cc12. The molecule has 0 aliphatic heterocycles. The summed E-state index contributed by atoms with van der Waals surface area (Å²) in [5, 5.41) is 15.4. The quantitative estimate of drug-likeness (QED) is 0.317. The van der Waals surface area contributed by atoms with Crippen LogP contribution in [0.4, 0.5) is 11.5 Å². The largest absolute Gasteiger partial charge is 0.437 e. The second-order valence-electron chi connectivity index (χ2n) is 5.87. The minimum absolute atomic E-state index is 0.0286. The van der Waals surface area contributed by atoms with E-state index in [1.54, 1.807) is 48.5 Å². The third-order valence-electron chi connectivity index (χ3n) is 4.12. The standard InChI is InChI=1S/C19H12ClN3O4/c20-12-7-5-11(6-8-12)10-21-18-15(23(25)26)9-14-17(24)13-3-1-2-4-16(13)27-19(14)22-18/h1-9H,10H2,(H,21,22). The molecule has 2 aromatic heterocycles. The van der Waals surface area contributed by atoms with Crippen molar-refractivity contribution in [2.75, 3.05) is 5.32 Å². The molecule has 7 nitrogen and oxygen atoms in total. The van der Waals surface area contributed by atoms with Crippen LogP contribution in [-0.4, -0.2) is 9.91 Å². The Hall–Kier alpha value is -3.45. The zero-order chi connectivity index (χ0) is 19.0. The molecule has 2 aromatic carbocycles. The highest BCUT2D eigenvalue weighted by atomic mass is 35.5. The van der Waals surface area contributed by atoms with Crippen molar-refractivity contribution < 1.29 is 9.34 Å². The van der Waals surface area contributed by atoms with Crippen LogP contribution >= 0.6 is 11.6 Å². The average Bonchev–Trinajstić information content (AvgIpc) is 2.67. The maximum atomic E-state index is 12.6. The summed E-state index contributed by atoms with van der Waals surface area (Å²) in [4.78, 5) is 27.7. The molecule has 0 unspecified atom stereocenters. The summed E-state index contributed by atoms with van der Waals surface area (Å²) in [6.45, 7) is 0.300. The lowest BCUT2D eigenvalue weighted by Crippen LogP contribution is -2.08. The average molecular weight is 382 g/mol. The first-order valence-corrected chi connectivity index (χ1v) is 8.40. The van der Waals surface area contributed by atoms with E-state index in [1.165, 1.54) is 6.07 Å². The summed E-state index contributed by atoms with van der Waals surface area (Å²) in [5.74, 6) is 0.0286. The lowest BCUT2D eigenvalue weighted by atomic mass is 10.1. The van der Waals surface area contributed by atoms with E-state index in [2.05, 4.69) is 10.3 Å². The Morgan fingerprint density at radius 2 is 1.85 bits per heavy atom. The normalized spacial score (nSPS) is 11.0. The molecular formula is C19H12ClN3O4. The van der Waals surface area contributed by atoms with E-state index in [-0.39, 0.29) is 28.0 Å². The number of hydrogen-bond donors (Lipinski definition) is 1. The Balaban J connectivity index is 1.82. The van der Waals surface area contributed by atoms with Gasteiger partial charge in [0, 0.05) is 17.6 Å². The highest BCUT2D eigenvalue weighted by Crippen LogP contribution is 2.28.